The second-order valence-electron chi connectivity index (χ2n) is 5.47. The maximum absolute atomic E-state index is 11.6. The Labute approximate surface area is 96.3 Å². The summed E-state index contributed by atoms with van der Waals surface area (Å²) in [5, 5.41) is 1.50. The van der Waals surface area contributed by atoms with E-state index in [1.807, 2.05) is 25.7 Å². The fourth-order valence-corrected chi connectivity index (χ4v) is 2.88. The maximum atomic E-state index is 11.6. The van der Waals surface area contributed by atoms with Gasteiger partial charge in [-0.25, -0.2) is 5.06 Å². The smallest absolute Gasteiger partial charge is 0.248 e. The Kier molecular flexibility index (Phi) is 2.55. The molecule has 1 atom stereocenters. The molecule has 88 valence electrons. The number of hydrogen-bond acceptors (Lipinski definition) is 3. The highest BCUT2D eigenvalue weighted by Gasteiger charge is 2.52. The maximum Gasteiger partial charge on any atom is 0.248 e. The summed E-state index contributed by atoms with van der Waals surface area (Å²) in [5.74, 6) is 0.166. The first-order valence-corrected chi connectivity index (χ1v) is 8.98. The van der Waals surface area contributed by atoms with Gasteiger partial charge in [0.1, 0.15) is 0 Å². The van der Waals surface area contributed by atoms with E-state index in [1.54, 1.807) is 6.08 Å². The molecule has 1 aliphatic heterocycles. The average Bonchev–Trinajstić information content (AvgIpc) is 2.17. The van der Waals surface area contributed by atoms with Crippen molar-refractivity contribution < 1.29 is 14.1 Å². The summed E-state index contributed by atoms with van der Waals surface area (Å²) in [5.41, 5.74) is -0.328. The molecular weight excluding hydrogens is 222 g/mol. The predicted molar refractivity (Wildman–Crippen MR) is 62.0 cm³/mol. The summed E-state index contributed by atoms with van der Waals surface area (Å²) in [6.45, 7) is 6.14. The van der Waals surface area contributed by atoms with Crippen molar-refractivity contribution >= 4 is 20.0 Å². The first-order valence-electron chi connectivity index (χ1n) is 5.57. The van der Waals surface area contributed by atoms with E-state index in [4.69, 9.17) is 4.53 Å². The number of hydroxylamine groups is 2. The third kappa shape index (κ3) is 1.97. The molecular formula is C11H17NO3Si. The highest BCUT2D eigenvalue weighted by Crippen LogP contribution is 2.40. The van der Waals surface area contributed by atoms with E-state index in [9.17, 15) is 9.59 Å². The van der Waals surface area contributed by atoms with Crippen LogP contribution >= 0.6 is 0 Å². The molecule has 0 radical (unpaired) electrons. The number of amides is 1. The summed E-state index contributed by atoms with van der Waals surface area (Å²) in [6, 6.07) is 0. The van der Waals surface area contributed by atoms with Crippen molar-refractivity contribution in [3.05, 3.63) is 12.2 Å². The Balaban J connectivity index is 2.15. The molecule has 0 N–H and O–H groups in total. The average molecular weight is 239 g/mol. The number of nitrogens with zero attached hydrogens (tertiary/aromatic N) is 1. The van der Waals surface area contributed by atoms with Gasteiger partial charge in [-0.05, 0) is 32.1 Å². The zero-order valence-electron chi connectivity index (χ0n) is 9.95. The molecule has 1 heterocycles. The van der Waals surface area contributed by atoms with Crippen molar-refractivity contribution in [3.8, 4) is 0 Å². The molecule has 4 nitrogen and oxygen atoms in total. The van der Waals surface area contributed by atoms with E-state index in [0.29, 0.717) is 19.3 Å². The Hall–Kier alpha value is -0.943. The van der Waals surface area contributed by atoms with Crippen LogP contribution in [0.1, 0.15) is 19.3 Å². The minimum atomic E-state index is -1.77. The minimum absolute atomic E-state index is 0.0291. The van der Waals surface area contributed by atoms with Gasteiger partial charge in [0, 0.05) is 6.42 Å². The standard InChI is InChI=1S/C11H17NO3Si/c1-16(2,3)15-12-10(14)8-11(12)6-4-9(13)5-7-11/h4,6H,5,7-8H2,1-3H3. The zero-order valence-corrected chi connectivity index (χ0v) is 10.9. The van der Waals surface area contributed by atoms with Crippen LogP contribution in [0.5, 0.6) is 0 Å². The molecule has 2 aliphatic rings. The lowest BCUT2D eigenvalue weighted by Gasteiger charge is -2.52. The Morgan fingerprint density at radius 1 is 1.38 bits per heavy atom. The van der Waals surface area contributed by atoms with Crippen LogP contribution in [-0.4, -0.2) is 30.6 Å². The quantitative estimate of drug-likeness (QED) is 0.543. The van der Waals surface area contributed by atoms with Gasteiger partial charge in [0.25, 0.3) is 0 Å². The fraction of sp³-hybridized carbons (Fsp3) is 0.636. The molecule has 1 saturated heterocycles. The second kappa shape index (κ2) is 3.53. The number of carbonyl (C=O) groups excluding carboxylic acids is 2. The molecule has 1 fully saturated rings. The van der Waals surface area contributed by atoms with Crippen LogP contribution in [0.3, 0.4) is 0 Å². The van der Waals surface area contributed by atoms with Crippen molar-refractivity contribution in [2.24, 2.45) is 0 Å². The molecule has 0 saturated carbocycles. The summed E-state index contributed by atoms with van der Waals surface area (Å²) in [4.78, 5) is 22.7. The highest BCUT2D eigenvalue weighted by atomic mass is 28.4. The van der Waals surface area contributed by atoms with Crippen molar-refractivity contribution in [2.45, 2.75) is 44.4 Å². The van der Waals surface area contributed by atoms with Crippen LogP contribution in [0.25, 0.3) is 0 Å². The van der Waals surface area contributed by atoms with E-state index in [1.165, 1.54) is 5.06 Å². The van der Waals surface area contributed by atoms with Crippen molar-refractivity contribution in [1.82, 2.24) is 5.06 Å². The van der Waals surface area contributed by atoms with Crippen LogP contribution in [-0.2, 0) is 14.1 Å². The lowest BCUT2D eigenvalue weighted by molar-refractivity contribution is -0.211. The van der Waals surface area contributed by atoms with E-state index >= 15 is 0 Å². The van der Waals surface area contributed by atoms with Gasteiger partial charge in [-0.1, -0.05) is 6.08 Å². The van der Waals surface area contributed by atoms with Crippen LogP contribution < -0.4 is 0 Å². The van der Waals surface area contributed by atoms with Gasteiger partial charge in [-0.2, -0.15) is 0 Å². The van der Waals surface area contributed by atoms with Gasteiger partial charge >= 0.3 is 0 Å². The number of hydrogen-bond donors (Lipinski definition) is 0. The summed E-state index contributed by atoms with van der Waals surface area (Å²) >= 11 is 0. The molecule has 1 spiro atoms. The van der Waals surface area contributed by atoms with Gasteiger partial charge in [-0.3, -0.25) is 9.59 Å². The van der Waals surface area contributed by atoms with Gasteiger partial charge in [0.15, 0.2) is 5.78 Å². The van der Waals surface area contributed by atoms with E-state index in [0.717, 1.165) is 0 Å². The molecule has 16 heavy (non-hydrogen) atoms. The van der Waals surface area contributed by atoms with Crippen LogP contribution in [0.15, 0.2) is 12.2 Å². The number of allylic oxidation sites excluding steroid dienone is 1. The van der Waals surface area contributed by atoms with Crippen molar-refractivity contribution in [2.75, 3.05) is 0 Å². The predicted octanol–water partition coefficient (Wildman–Crippen LogP) is 1.64. The lowest BCUT2D eigenvalue weighted by atomic mass is 9.78. The topological polar surface area (TPSA) is 46.6 Å². The third-order valence-electron chi connectivity index (χ3n) is 2.84. The monoisotopic (exact) mass is 239 g/mol. The van der Waals surface area contributed by atoms with E-state index in [2.05, 4.69) is 0 Å². The van der Waals surface area contributed by atoms with Gasteiger partial charge in [0.2, 0.25) is 14.2 Å². The molecule has 0 aromatic carbocycles. The van der Waals surface area contributed by atoms with Crippen molar-refractivity contribution in [3.63, 3.8) is 0 Å². The number of carbonyl (C=O) groups is 2. The number of rotatable bonds is 2. The fourth-order valence-electron chi connectivity index (χ4n) is 2.05. The molecule has 2 rings (SSSR count). The largest absolute Gasteiger partial charge is 0.317 e. The SMILES string of the molecule is C[Si](C)(C)ON1C(=O)CC12C=CC(=O)CC2. The Morgan fingerprint density at radius 3 is 2.50 bits per heavy atom. The van der Waals surface area contributed by atoms with Crippen LogP contribution in [0.2, 0.25) is 19.6 Å². The van der Waals surface area contributed by atoms with Crippen LogP contribution in [0, 0.1) is 0 Å². The highest BCUT2D eigenvalue weighted by molar-refractivity contribution is 6.69. The number of β-lactam (4-membered cyclic amide) rings is 1. The van der Waals surface area contributed by atoms with E-state index in [-0.39, 0.29) is 17.2 Å². The minimum Gasteiger partial charge on any atom is -0.317 e. The Bertz CT molecular complexity index is 372. The van der Waals surface area contributed by atoms with Gasteiger partial charge in [-0.15, -0.1) is 0 Å². The second-order valence-corrected chi connectivity index (χ2v) is 9.88. The zero-order chi connectivity index (χ0) is 12.0. The molecule has 5 heteroatoms. The van der Waals surface area contributed by atoms with Gasteiger partial charge < -0.3 is 4.53 Å². The first kappa shape index (κ1) is 11.5. The lowest BCUT2D eigenvalue weighted by Crippen LogP contribution is -2.65. The molecule has 1 amide bonds. The third-order valence-corrected chi connectivity index (χ3v) is 3.57. The Morgan fingerprint density at radius 2 is 2.06 bits per heavy atom. The molecule has 0 bridgehead atoms. The molecule has 0 aromatic rings. The molecule has 0 aromatic heterocycles. The first-order chi connectivity index (χ1) is 7.32. The molecule has 1 unspecified atom stereocenters. The van der Waals surface area contributed by atoms with Crippen molar-refractivity contribution in [1.29, 1.82) is 0 Å². The normalized spacial score (nSPS) is 29.8. The summed E-state index contributed by atoms with van der Waals surface area (Å²) in [7, 11) is -1.77. The van der Waals surface area contributed by atoms with Crippen LogP contribution in [0.4, 0.5) is 0 Å². The number of ketones is 1. The summed E-state index contributed by atoms with van der Waals surface area (Å²) in [6.07, 6.45) is 5.09. The molecule has 1 aliphatic carbocycles. The summed E-state index contributed by atoms with van der Waals surface area (Å²) < 4.78 is 5.77. The van der Waals surface area contributed by atoms with Gasteiger partial charge in [0.05, 0.1) is 12.0 Å². The van der Waals surface area contributed by atoms with E-state index < -0.39 is 8.32 Å².